The van der Waals surface area contributed by atoms with E-state index >= 15 is 0 Å². The first-order chi connectivity index (χ1) is 9.14. The molecule has 0 bridgehead atoms. The molecule has 0 amide bonds. The molecule has 114 valence electrons. The number of unbranched alkanes of at least 4 members (excludes halogenated alkanes) is 3. The molecule has 0 rings (SSSR count). The summed E-state index contributed by atoms with van der Waals surface area (Å²) >= 11 is -2.70. The van der Waals surface area contributed by atoms with Gasteiger partial charge >= 0.3 is 124 Å². The van der Waals surface area contributed by atoms with Gasteiger partial charge in [0.1, 0.15) is 0 Å². The molecule has 0 aromatic heterocycles. The van der Waals surface area contributed by atoms with Gasteiger partial charge in [0.25, 0.3) is 0 Å². The van der Waals surface area contributed by atoms with Gasteiger partial charge < -0.3 is 0 Å². The molecule has 19 heavy (non-hydrogen) atoms. The minimum atomic E-state index is -2.70. The van der Waals surface area contributed by atoms with Crippen molar-refractivity contribution in [2.75, 3.05) is 6.54 Å². The third kappa shape index (κ3) is 8.90. The fraction of sp³-hybridized carbons (Fsp3) is 0.933. The zero-order valence-electron chi connectivity index (χ0n) is 13.2. The average molecular weight is 378 g/mol. The number of hydrogen-bond donors (Lipinski definition) is 1. The fourth-order valence-electron chi connectivity index (χ4n) is 2.44. The van der Waals surface area contributed by atoms with Gasteiger partial charge in [-0.2, -0.15) is 0 Å². The van der Waals surface area contributed by atoms with Crippen LogP contribution >= 0.6 is 0 Å². The van der Waals surface area contributed by atoms with Gasteiger partial charge in [-0.15, -0.1) is 0 Å². The van der Waals surface area contributed by atoms with Crippen molar-refractivity contribution >= 4 is 24.8 Å². The number of nitrogens with two attached hydrogens (primary N) is 1. The monoisotopic (exact) mass is 379 g/mol. The molecule has 3 nitrogen and oxygen atoms in total. The molecule has 0 aliphatic heterocycles. The van der Waals surface area contributed by atoms with Crippen molar-refractivity contribution in [2.24, 2.45) is 5.73 Å². The molecule has 0 aliphatic rings. The van der Waals surface area contributed by atoms with E-state index < -0.39 is 18.8 Å². The van der Waals surface area contributed by atoms with Gasteiger partial charge in [0.2, 0.25) is 0 Å². The van der Waals surface area contributed by atoms with Crippen LogP contribution in [0.4, 0.5) is 0 Å². The molecule has 0 fully saturated rings. The third-order valence-electron chi connectivity index (χ3n) is 3.64. The summed E-state index contributed by atoms with van der Waals surface area (Å²) in [5, 5.41) is 0. The van der Waals surface area contributed by atoms with Gasteiger partial charge in [-0.25, -0.2) is 0 Å². The molecule has 0 spiro atoms. The van der Waals surface area contributed by atoms with Gasteiger partial charge in [-0.05, 0) is 0 Å². The predicted octanol–water partition coefficient (Wildman–Crippen LogP) is 4.22. The number of carbonyl (C=O) groups excluding carboxylic acids is 1. The Morgan fingerprint density at radius 2 is 1.37 bits per heavy atom. The van der Waals surface area contributed by atoms with Crippen LogP contribution in [-0.4, -0.2) is 31.3 Å². The Morgan fingerprint density at radius 1 is 0.947 bits per heavy atom. The van der Waals surface area contributed by atoms with Crippen molar-refractivity contribution in [1.82, 2.24) is 0 Å². The Kier molecular flexibility index (Phi) is 12.2. The molecule has 0 radical (unpaired) electrons. The molecule has 0 heterocycles. The molecule has 0 atom stereocenters. The van der Waals surface area contributed by atoms with E-state index in [4.69, 9.17) is 8.81 Å². The summed E-state index contributed by atoms with van der Waals surface area (Å²) in [6, 6.07) is 0. The van der Waals surface area contributed by atoms with E-state index in [1.54, 1.807) is 0 Å². The second-order valence-electron chi connectivity index (χ2n) is 5.51. The standard InChI is InChI=1S/3C4H9.C3H7NO2.Sn/c3*1-3-4-2;4-2-1-3(5)6;/h3*1,3-4H2,2H3;1-2,4H2,(H,5,6);/q;;;;+1/p-1. The predicted molar refractivity (Wildman–Crippen MR) is 84.7 cm³/mol. The van der Waals surface area contributed by atoms with Gasteiger partial charge in [-0.1, -0.05) is 0 Å². The Labute approximate surface area is 124 Å². The Balaban J connectivity index is 4.70. The summed E-state index contributed by atoms with van der Waals surface area (Å²) in [7, 11) is 0. The summed E-state index contributed by atoms with van der Waals surface area (Å²) in [5.41, 5.74) is 5.47. The van der Waals surface area contributed by atoms with E-state index in [-0.39, 0.29) is 5.97 Å². The summed E-state index contributed by atoms with van der Waals surface area (Å²) in [4.78, 5) is 11.9. The number of hydrogen-bond acceptors (Lipinski definition) is 3. The molecule has 0 unspecified atom stereocenters. The molecule has 4 heteroatoms. The Bertz CT molecular complexity index is 212. The topological polar surface area (TPSA) is 52.3 Å². The van der Waals surface area contributed by atoms with Crippen molar-refractivity contribution in [2.45, 2.75) is 79.0 Å². The summed E-state index contributed by atoms with van der Waals surface area (Å²) in [6.45, 7) is 7.07. The van der Waals surface area contributed by atoms with E-state index in [1.807, 2.05) is 0 Å². The fourth-order valence-corrected chi connectivity index (χ4v) is 15.7. The zero-order valence-corrected chi connectivity index (χ0v) is 16.0. The van der Waals surface area contributed by atoms with Gasteiger partial charge in [0.15, 0.2) is 0 Å². The van der Waals surface area contributed by atoms with Crippen LogP contribution in [0.1, 0.15) is 65.7 Å². The van der Waals surface area contributed by atoms with Gasteiger partial charge in [0.05, 0.1) is 0 Å². The van der Waals surface area contributed by atoms with Gasteiger partial charge in [0, 0.05) is 0 Å². The average Bonchev–Trinajstić information content (AvgIpc) is 2.40. The van der Waals surface area contributed by atoms with Crippen LogP contribution in [0.25, 0.3) is 0 Å². The molecule has 0 saturated heterocycles. The normalized spacial score (nSPS) is 11.6. The maximum atomic E-state index is 11.9. The maximum absolute atomic E-state index is 11.9. The van der Waals surface area contributed by atoms with Crippen LogP contribution in [0.5, 0.6) is 0 Å². The summed E-state index contributed by atoms with van der Waals surface area (Å²) < 4.78 is 9.71. The van der Waals surface area contributed by atoms with Crippen LogP contribution in [0.2, 0.25) is 13.3 Å². The molecule has 0 aromatic carbocycles. The molecular formula is C15H33NO2Sn. The Morgan fingerprint density at radius 3 is 1.68 bits per heavy atom. The van der Waals surface area contributed by atoms with Crippen molar-refractivity contribution in [3.8, 4) is 0 Å². The number of rotatable bonds is 12. The molecule has 0 saturated carbocycles. The van der Waals surface area contributed by atoms with Crippen LogP contribution in [-0.2, 0) is 7.87 Å². The molecule has 0 aromatic rings. The minimum absolute atomic E-state index is 0.0263. The second-order valence-corrected chi connectivity index (χ2v) is 17.1. The Hall–Kier alpha value is 0.229. The van der Waals surface area contributed by atoms with E-state index in [2.05, 4.69) is 20.8 Å². The second kappa shape index (κ2) is 12.0. The molecule has 2 N–H and O–H groups in total. The first kappa shape index (κ1) is 19.2. The van der Waals surface area contributed by atoms with Crippen LogP contribution in [0.3, 0.4) is 0 Å². The van der Waals surface area contributed by atoms with Crippen LogP contribution in [0, 0.1) is 0 Å². The van der Waals surface area contributed by atoms with Crippen molar-refractivity contribution < 1.29 is 7.87 Å². The van der Waals surface area contributed by atoms with Gasteiger partial charge in [-0.3, -0.25) is 0 Å². The van der Waals surface area contributed by atoms with E-state index in [1.165, 1.54) is 51.8 Å². The SMILES string of the molecule is CCC[CH2][Sn]([CH2]CCC)([CH2]CCC)[O]C(=O)CCN. The first-order valence-corrected chi connectivity index (χ1v) is 15.3. The summed E-state index contributed by atoms with van der Waals surface area (Å²) in [6.07, 6.45) is 7.66. The van der Waals surface area contributed by atoms with Crippen molar-refractivity contribution in [1.29, 1.82) is 0 Å². The van der Waals surface area contributed by atoms with Crippen molar-refractivity contribution in [3.05, 3.63) is 0 Å². The van der Waals surface area contributed by atoms with Crippen molar-refractivity contribution in [3.63, 3.8) is 0 Å². The third-order valence-corrected chi connectivity index (χ3v) is 16.4. The van der Waals surface area contributed by atoms with Crippen LogP contribution < -0.4 is 5.73 Å². The molecular weight excluding hydrogens is 345 g/mol. The van der Waals surface area contributed by atoms with E-state index in [9.17, 15) is 4.79 Å². The van der Waals surface area contributed by atoms with E-state index in [0.29, 0.717) is 13.0 Å². The van der Waals surface area contributed by atoms with E-state index in [0.717, 1.165) is 0 Å². The van der Waals surface area contributed by atoms with Crippen LogP contribution in [0.15, 0.2) is 0 Å². The first-order valence-electron chi connectivity index (χ1n) is 8.06. The molecule has 0 aliphatic carbocycles. The zero-order chi connectivity index (χ0) is 14.6. The number of carbonyl (C=O) groups is 1. The summed E-state index contributed by atoms with van der Waals surface area (Å²) in [5.74, 6) is -0.0263. The quantitative estimate of drug-likeness (QED) is 0.518.